The molecule has 2 heterocycles. The molecule has 4 rings (SSSR count). The van der Waals surface area contributed by atoms with Gasteiger partial charge in [-0.25, -0.2) is 13.4 Å². The molecule has 7 nitrogen and oxygen atoms in total. The Hall–Kier alpha value is -3.43. The molecule has 1 aliphatic heterocycles. The van der Waals surface area contributed by atoms with E-state index >= 15 is 0 Å². The number of anilines is 1. The number of carbonyl (C=O) groups excluding carboxylic acids is 1. The molecule has 0 saturated carbocycles. The van der Waals surface area contributed by atoms with Crippen LogP contribution >= 0.6 is 11.3 Å². The Morgan fingerprint density at radius 3 is 2.58 bits per heavy atom. The molecule has 0 N–H and O–H groups in total. The van der Waals surface area contributed by atoms with Crippen LogP contribution < -0.4 is 14.4 Å². The molecule has 0 radical (unpaired) electrons. The molecule has 1 aromatic heterocycles. The summed E-state index contributed by atoms with van der Waals surface area (Å²) in [6, 6.07) is 12.0. The second kappa shape index (κ2) is 9.60. The van der Waals surface area contributed by atoms with Gasteiger partial charge in [0.1, 0.15) is 13.2 Å². The Morgan fingerprint density at radius 2 is 1.88 bits per heavy atom. The van der Waals surface area contributed by atoms with Crippen LogP contribution in [0, 0.1) is 0 Å². The monoisotopic (exact) mass is 482 g/mol. The van der Waals surface area contributed by atoms with Gasteiger partial charge in [0, 0.05) is 29.8 Å². The highest BCUT2D eigenvalue weighted by atomic mass is 32.2. The van der Waals surface area contributed by atoms with E-state index in [1.54, 1.807) is 36.4 Å². The minimum atomic E-state index is -3.27. The fourth-order valence-electron chi connectivity index (χ4n) is 3.21. The first kappa shape index (κ1) is 22.8. The van der Waals surface area contributed by atoms with E-state index in [9.17, 15) is 13.2 Å². The number of hydrogen-bond donors (Lipinski definition) is 0. The van der Waals surface area contributed by atoms with Crippen molar-refractivity contribution in [3.8, 4) is 22.8 Å². The van der Waals surface area contributed by atoms with Crippen molar-refractivity contribution in [2.24, 2.45) is 0 Å². The molecule has 0 aliphatic carbocycles. The molecule has 1 aliphatic rings. The number of hydrogen-bond acceptors (Lipinski definition) is 7. The molecule has 3 aromatic rings. The second-order valence-corrected chi connectivity index (χ2v) is 10.1. The quantitative estimate of drug-likeness (QED) is 0.370. The van der Waals surface area contributed by atoms with Crippen LogP contribution in [0.5, 0.6) is 11.5 Å². The molecule has 2 aromatic carbocycles. The van der Waals surface area contributed by atoms with Crippen molar-refractivity contribution in [1.82, 2.24) is 4.98 Å². The lowest BCUT2D eigenvalue weighted by Crippen LogP contribution is -2.29. The Bertz CT molecular complexity index is 1310. The van der Waals surface area contributed by atoms with E-state index in [0.717, 1.165) is 11.1 Å². The van der Waals surface area contributed by atoms with Crippen LogP contribution in [0.1, 0.15) is 5.56 Å². The summed E-state index contributed by atoms with van der Waals surface area (Å²) in [7, 11) is -3.27. The third-order valence-electron chi connectivity index (χ3n) is 4.86. The van der Waals surface area contributed by atoms with Crippen LogP contribution in [0.2, 0.25) is 0 Å². The van der Waals surface area contributed by atoms with Crippen LogP contribution in [0.15, 0.2) is 71.5 Å². The van der Waals surface area contributed by atoms with Gasteiger partial charge >= 0.3 is 0 Å². The van der Waals surface area contributed by atoms with Crippen LogP contribution in [0.25, 0.3) is 17.3 Å². The minimum absolute atomic E-state index is 0.238. The van der Waals surface area contributed by atoms with E-state index in [0.29, 0.717) is 42.1 Å². The fraction of sp³-hybridized carbons (Fsp3) is 0.167. The molecule has 0 fully saturated rings. The molecule has 0 atom stereocenters. The van der Waals surface area contributed by atoms with Crippen molar-refractivity contribution in [2.45, 2.75) is 4.90 Å². The molecular formula is C24H22N2O5S2. The van der Waals surface area contributed by atoms with Crippen LogP contribution in [-0.2, 0) is 14.6 Å². The fourth-order valence-corrected chi connectivity index (χ4v) is 4.69. The van der Waals surface area contributed by atoms with E-state index in [1.165, 1.54) is 28.6 Å². The lowest BCUT2D eigenvalue weighted by Gasteiger charge is -2.18. The number of benzene rings is 2. The first-order valence-corrected chi connectivity index (χ1v) is 12.9. The zero-order chi connectivity index (χ0) is 23.4. The van der Waals surface area contributed by atoms with Crippen molar-refractivity contribution >= 4 is 38.3 Å². The summed E-state index contributed by atoms with van der Waals surface area (Å²) in [6.45, 7) is 5.06. The molecule has 0 unspecified atom stereocenters. The number of sulfone groups is 1. The third kappa shape index (κ3) is 5.32. The topological polar surface area (TPSA) is 85.8 Å². The molecule has 1 amide bonds. The number of aromatic nitrogens is 1. The molecule has 0 spiro atoms. The highest BCUT2D eigenvalue weighted by Gasteiger charge is 2.17. The molecule has 0 bridgehead atoms. The largest absolute Gasteiger partial charge is 0.486 e. The predicted molar refractivity (Wildman–Crippen MR) is 130 cm³/mol. The first-order chi connectivity index (χ1) is 15.8. The zero-order valence-corrected chi connectivity index (χ0v) is 19.6. The summed E-state index contributed by atoms with van der Waals surface area (Å²) >= 11 is 1.33. The average Bonchev–Trinajstić information content (AvgIpc) is 3.30. The molecular weight excluding hydrogens is 460 g/mol. The van der Waals surface area contributed by atoms with Gasteiger partial charge in [0.25, 0.3) is 5.91 Å². The summed E-state index contributed by atoms with van der Waals surface area (Å²) in [6.07, 6.45) is 6.00. The van der Waals surface area contributed by atoms with Crippen LogP contribution in [-0.4, -0.2) is 45.3 Å². The Kier molecular flexibility index (Phi) is 6.62. The number of nitrogens with zero attached hydrogens (tertiary/aromatic N) is 2. The van der Waals surface area contributed by atoms with Gasteiger partial charge in [-0.3, -0.25) is 9.69 Å². The average molecular weight is 483 g/mol. The molecule has 170 valence electrons. The highest BCUT2D eigenvalue weighted by molar-refractivity contribution is 7.90. The van der Waals surface area contributed by atoms with Crippen molar-refractivity contribution in [3.05, 3.63) is 72.1 Å². The van der Waals surface area contributed by atoms with E-state index in [1.807, 2.05) is 23.6 Å². The van der Waals surface area contributed by atoms with E-state index < -0.39 is 9.84 Å². The molecule has 0 saturated heterocycles. The van der Waals surface area contributed by atoms with Gasteiger partial charge in [0.05, 0.1) is 10.6 Å². The van der Waals surface area contributed by atoms with E-state index in [4.69, 9.17) is 9.47 Å². The number of fused-ring (bicyclic) bond motifs is 1. The maximum atomic E-state index is 12.9. The number of carbonyl (C=O) groups is 1. The van der Waals surface area contributed by atoms with Gasteiger partial charge < -0.3 is 9.47 Å². The van der Waals surface area contributed by atoms with Gasteiger partial charge in [-0.15, -0.1) is 17.9 Å². The Labute approximate surface area is 196 Å². The molecule has 33 heavy (non-hydrogen) atoms. The maximum Gasteiger partial charge on any atom is 0.253 e. The van der Waals surface area contributed by atoms with Crippen LogP contribution in [0.3, 0.4) is 0 Å². The van der Waals surface area contributed by atoms with Gasteiger partial charge in [0.15, 0.2) is 26.5 Å². The summed E-state index contributed by atoms with van der Waals surface area (Å²) < 4.78 is 34.4. The predicted octanol–water partition coefficient (Wildman–Crippen LogP) is 4.22. The Morgan fingerprint density at radius 1 is 1.15 bits per heavy atom. The minimum Gasteiger partial charge on any atom is -0.486 e. The zero-order valence-electron chi connectivity index (χ0n) is 17.9. The number of amides is 1. The third-order valence-corrected chi connectivity index (χ3v) is 6.86. The van der Waals surface area contributed by atoms with Crippen molar-refractivity contribution in [2.75, 3.05) is 30.9 Å². The smallest absolute Gasteiger partial charge is 0.253 e. The van der Waals surface area contributed by atoms with Gasteiger partial charge in [0.2, 0.25) is 0 Å². The molecule has 9 heteroatoms. The second-order valence-electron chi connectivity index (χ2n) is 7.29. The van der Waals surface area contributed by atoms with Gasteiger partial charge in [-0.05, 0) is 35.9 Å². The van der Waals surface area contributed by atoms with Crippen LogP contribution in [0.4, 0.5) is 5.13 Å². The van der Waals surface area contributed by atoms with Crippen molar-refractivity contribution < 1.29 is 22.7 Å². The lowest BCUT2D eigenvalue weighted by atomic mass is 10.1. The summed E-state index contributed by atoms with van der Waals surface area (Å²) in [5.74, 6) is 1.11. The maximum absolute atomic E-state index is 12.9. The summed E-state index contributed by atoms with van der Waals surface area (Å²) in [5, 5.41) is 2.35. The normalized spacial score (nSPS) is 13.1. The van der Waals surface area contributed by atoms with E-state index in [-0.39, 0.29) is 10.8 Å². The summed E-state index contributed by atoms with van der Waals surface area (Å²) in [4.78, 5) is 19.3. The van der Waals surface area contributed by atoms with Crippen molar-refractivity contribution in [3.63, 3.8) is 0 Å². The SMILES string of the molecule is C=CCN(C(=O)C=Cc1ccc2c(c1)OCCO2)c1nc(-c2ccc(S(C)(=O)=O)cc2)cs1. The van der Waals surface area contributed by atoms with Crippen molar-refractivity contribution in [1.29, 1.82) is 0 Å². The Balaban J connectivity index is 1.52. The van der Waals surface area contributed by atoms with Gasteiger partial charge in [-0.1, -0.05) is 24.3 Å². The van der Waals surface area contributed by atoms with Gasteiger partial charge in [-0.2, -0.15) is 0 Å². The summed E-state index contributed by atoms with van der Waals surface area (Å²) in [5.41, 5.74) is 2.24. The lowest BCUT2D eigenvalue weighted by molar-refractivity contribution is -0.114. The first-order valence-electron chi connectivity index (χ1n) is 10.1. The highest BCUT2D eigenvalue weighted by Crippen LogP contribution is 2.31. The van der Waals surface area contributed by atoms with E-state index in [2.05, 4.69) is 11.6 Å². The number of ether oxygens (including phenoxy) is 2. The standard InChI is InChI=1S/C24H22N2O5S2/c1-3-12-26(23(27)11-5-17-4-10-21-22(15-17)31-14-13-30-21)24-25-20(16-32-24)18-6-8-19(9-7-18)33(2,28)29/h3-11,15-16H,1,12-14H2,2H3. The number of thiazole rings is 1. The number of rotatable bonds is 7.